The fourth-order valence-electron chi connectivity index (χ4n) is 4.71. The molecule has 40 heavy (non-hydrogen) atoms. The second-order valence-electron chi connectivity index (χ2n) is 9.29. The summed E-state index contributed by atoms with van der Waals surface area (Å²) in [5, 5.41) is 3.21. The quantitative estimate of drug-likeness (QED) is 0.246. The van der Waals surface area contributed by atoms with Crippen LogP contribution in [0.3, 0.4) is 0 Å². The Bertz CT molecular complexity index is 1700. The van der Waals surface area contributed by atoms with E-state index in [4.69, 9.17) is 27.9 Å². The SMILES string of the molecule is Cc1c(C(=O)c2ccc(Cl)cc2)c2ccc(OC(F)(F)F)cc2n1Cc1cc([C@]2(C)OC(=O)NC2=O)ccc1Cl. The topological polar surface area (TPSA) is 86.6 Å². The van der Waals surface area contributed by atoms with Gasteiger partial charge in [0.2, 0.25) is 5.60 Å². The number of amides is 2. The molecule has 0 saturated carbocycles. The number of imide groups is 1. The number of hydrogen-bond donors (Lipinski definition) is 1. The van der Waals surface area contributed by atoms with E-state index in [1.165, 1.54) is 31.2 Å². The zero-order valence-corrected chi connectivity index (χ0v) is 22.4. The van der Waals surface area contributed by atoms with E-state index in [2.05, 4.69) is 10.1 Å². The van der Waals surface area contributed by atoms with Crippen LogP contribution in [0.1, 0.15) is 39.7 Å². The molecule has 0 radical (unpaired) electrons. The van der Waals surface area contributed by atoms with Crippen LogP contribution < -0.4 is 10.1 Å². The molecule has 1 atom stereocenters. The molecule has 1 fully saturated rings. The number of carbonyl (C=O) groups is 3. The number of benzene rings is 3. The molecular weight excluding hydrogens is 572 g/mol. The number of aromatic nitrogens is 1. The van der Waals surface area contributed by atoms with Crippen molar-refractivity contribution in [2.75, 3.05) is 0 Å². The van der Waals surface area contributed by atoms with Crippen LogP contribution in [0.2, 0.25) is 10.0 Å². The van der Waals surface area contributed by atoms with Crippen LogP contribution >= 0.6 is 23.2 Å². The highest BCUT2D eigenvalue weighted by Gasteiger charge is 2.46. The minimum absolute atomic E-state index is 0.00399. The van der Waals surface area contributed by atoms with Crippen molar-refractivity contribution in [3.05, 3.63) is 98.7 Å². The van der Waals surface area contributed by atoms with Crippen molar-refractivity contribution >= 4 is 51.9 Å². The third-order valence-corrected chi connectivity index (χ3v) is 7.35. The summed E-state index contributed by atoms with van der Waals surface area (Å²) in [6.07, 6.45) is -5.81. The third kappa shape index (κ3) is 5.00. The first-order valence-corrected chi connectivity index (χ1v) is 12.5. The van der Waals surface area contributed by atoms with E-state index >= 15 is 0 Å². The molecule has 0 unspecified atom stereocenters. The number of fused-ring (bicyclic) bond motifs is 1. The van der Waals surface area contributed by atoms with Crippen molar-refractivity contribution in [1.29, 1.82) is 0 Å². The minimum Gasteiger partial charge on any atom is -0.428 e. The number of alkyl halides is 3. The van der Waals surface area contributed by atoms with Gasteiger partial charge in [-0.1, -0.05) is 29.3 Å². The van der Waals surface area contributed by atoms with Gasteiger partial charge in [-0.05, 0) is 67.9 Å². The fourth-order valence-corrected chi connectivity index (χ4v) is 5.02. The van der Waals surface area contributed by atoms with Crippen molar-refractivity contribution in [3.8, 4) is 5.75 Å². The van der Waals surface area contributed by atoms with Crippen LogP contribution in [0.5, 0.6) is 5.75 Å². The number of halogens is 5. The van der Waals surface area contributed by atoms with E-state index in [1.807, 2.05) is 0 Å². The fraction of sp³-hybridized carbons (Fsp3) is 0.179. The Balaban J connectivity index is 1.65. The van der Waals surface area contributed by atoms with Gasteiger partial charge in [0.15, 0.2) is 5.78 Å². The predicted molar refractivity (Wildman–Crippen MR) is 141 cm³/mol. The van der Waals surface area contributed by atoms with Gasteiger partial charge in [0.25, 0.3) is 5.91 Å². The first kappa shape index (κ1) is 27.5. The normalized spacial score (nSPS) is 17.2. The smallest absolute Gasteiger partial charge is 0.428 e. The maximum absolute atomic E-state index is 13.6. The van der Waals surface area contributed by atoms with E-state index in [1.54, 1.807) is 41.8 Å². The van der Waals surface area contributed by atoms with Crippen molar-refractivity contribution in [2.24, 2.45) is 0 Å². The zero-order valence-electron chi connectivity index (χ0n) is 20.9. The lowest BCUT2D eigenvalue weighted by Crippen LogP contribution is -2.33. The van der Waals surface area contributed by atoms with Gasteiger partial charge in [-0.15, -0.1) is 13.2 Å². The predicted octanol–water partition coefficient (Wildman–Crippen LogP) is 6.92. The molecule has 0 aliphatic carbocycles. The monoisotopic (exact) mass is 590 g/mol. The average molecular weight is 591 g/mol. The molecular formula is C28H19Cl2F3N2O5. The van der Waals surface area contributed by atoms with Crippen LogP contribution in [0.15, 0.2) is 60.7 Å². The molecule has 1 aromatic heterocycles. The van der Waals surface area contributed by atoms with Gasteiger partial charge in [0.1, 0.15) is 5.75 Å². The number of alkyl carbamates (subject to hydrolysis) is 1. The summed E-state index contributed by atoms with van der Waals surface area (Å²) >= 11 is 12.5. The third-order valence-electron chi connectivity index (χ3n) is 6.73. The molecule has 1 saturated heterocycles. The van der Waals surface area contributed by atoms with Gasteiger partial charge < -0.3 is 14.0 Å². The number of ketones is 1. The van der Waals surface area contributed by atoms with E-state index in [9.17, 15) is 27.6 Å². The summed E-state index contributed by atoms with van der Waals surface area (Å²) in [7, 11) is 0. The van der Waals surface area contributed by atoms with E-state index in [0.717, 1.165) is 6.07 Å². The average Bonchev–Trinajstić information content (AvgIpc) is 3.30. The number of ether oxygens (including phenoxy) is 2. The number of carbonyl (C=O) groups excluding carboxylic acids is 3. The number of nitrogens with one attached hydrogen (secondary N) is 1. The van der Waals surface area contributed by atoms with E-state index in [-0.39, 0.29) is 28.4 Å². The summed E-state index contributed by atoms with van der Waals surface area (Å²) in [5.41, 5.74) is 0.550. The molecule has 5 rings (SSSR count). The summed E-state index contributed by atoms with van der Waals surface area (Å²) in [6, 6.07) is 14.6. The number of cyclic esters (lactones) is 1. The van der Waals surface area contributed by atoms with Crippen LogP contribution in [0.4, 0.5) is 18.0 Å². The summed E-state index contributed by atoms with van der Waals surface area (Å²) in [5.74, 6) is -1.48. The van der Waals surface area contributed by atoms with Crippen molar-refractivity contribution in [2.45, 2.75) is 32.4 Å². The Morgan fingerprint density at radius 2 is 1.75 bits per heavy atom. The molecule has 1 aliphatic heterocycles. The number of rotatable bonds is 6. The Morgan fingerprint density at radius 1 is 1.05 bits per heavy atom. The van der Waals surface area contributed by atoms with Gasteiger partial charge in [-0.25, -0.2) is 4.79 Å². The Kier molecular flexibility index (Phi) is 6.79. The molecule has 1 N–H and O–H groups in total. The molecule has 206 valence electrons. The van der Waals surface area contributed by atoms with Gasteiger partial charge in [0.05, 0.1) is 11.1 Å². The van der Waals surface area contributed by atoms with Gasteiger partial charge in [-0.2, -0.15) is 0 Å². The maximum Gasteiger partial charge on any atom is 0.573 e. The lowest BCUT2D eigenvalue weighted by atomic mass is 9.94. The first-order chi connectivity index (χ1) is 18.8. The first-order valence-electron chi connectivity index (χ1n) is 11.8. The minimum atomic E-state index is -4.92. The lowest BCUT2D eigenvalue weighted by molar-refractivity contribution is -0.274. The molecule has 12 heteroatoms. The molecule has 2 heterocycles. The standard InChI is InChI=1S/C28H19Cl2F3N2O5/c1-14-23(24(36)15-3-6-18(29)7-4-15)20-9-8-19(39-28(31,32)33)12-22(20)35(14)13-16-11-17(5-10-21(16)30)27(2)25(37)34-26(38)40-27/h3-12H,13H2,1-2H3,(H,34,37,38)/t27-/m0/s1. The second-order valence-corrected chi connectivity index (χ2v) is 10.1. The van der Waals surface area contributed by atoms with Crippen molar-refractivity contribution in [3.63, 3.8) is 0 Å². The Labute approximate surface area is 235 Å². The summed E-state index contributed by atoms with van der Waals surface area (Å²) in [6.45, 7) is 3.10. The van der Waals surface area contributed by atoms with E-state index < -0.39 is 29.7 Å². The molecule has 1 aliphatic rings. The number of nitrogens with zero attached hydrogens (tertiary/aromatic N) is 1. The van der Waals surface area contributed by atoms with Gasteiger partial charge in [0, 0.05) is 44.9 Å². The van der Waals surface area contributed by atoms with Crippen molar-refractivity contribution < 1.29 is 37.0 Å². The lowest BCUT2D eigenvalue weighted by Gasteiger charge is -2.21. The summed E-state index contributed by atoms with van der Waals surface area (Å²) < 4.78 is 50.0. The number of hydrogen-bond acceptors (Lipinski definition) is 5. The molecule has 2 amide bonds. The molecule has 0 bridgehead atoms. The maximum atomic E-state index is 13.6. The van der Waals surface area contributed by atoms with Gasteiger partial charge >= 0.3 is 12.5 Å². The van der Waals surface area contributed by atoms with E-state index in [0.29, 0.717) is 32.8 Å². The zero-order chi connectivity index (χ0) is 29.0. The molecule has 3 aromatic carbocycles. The second kappa shape index (κ2) is 9.87. The molecule has 4 aromatic rings. The summed E-state index contributed by atoms with van der Waals surface area (Å²) in [4.78, 5) is 37.7. The van der Waals surface area contributed by atoms with Crippen LogP contribution in [0.25, 0.3) is 10.9 Å². The van der Waals surface area contributed by atoms with Crippen LogP contribution in [-0.2, 0) is 21.7 Å². The van der Waals surface area contributed by atoms with Crippen LogP contribution in [-0.4, -0.2) is 28.7 Å². The van der Waals surface area contributed by atoms with Crippen LogP contribution in [0, 0.1) is 6.92 Å². The highest BCUT2D eigenvalue weighted by molar-refractivity contribution is 6.31. The Morgan fingerprint density at radius 3 is 2.38 bits per heavy atom. The Hall–Kier alpha value is -4.02. The van der Waals surface area contributed by atoms with Gasteiger partial charge in [-0.3, -0.25) is 14.9 Å². The molecule has 7 nitrogen and oxygen atoms in total. The molecule has 0 spiro atoms. The van der Waals surface area contributed by atoms with Crippen molar-refractivity contribution in [1.82, 2.24) is 9.88 Å². The highest BCUT2D eigenvalue weighted by atomic mass is 35.5. The highest BCUT2D eigenvalue weighted by Crippen LogP contribution is 2.36. The largest absolute Gasteiger partial charge is 0.573 e.